The summed E-state index contributed by atoms with van der Waals surface area (Å²) in [6, 6.07) is 26.6. The van der Waals surface area contributed by atoms with Crippen molar-refractivity contribution in [2.75, 3.05) is 10.8 Å². The summed E-state index contributed by atoms with van der Waals surface area (Å²) in [4.78, 5) is 30.0. The normalized spacial score (nSPS) is 12.7. The maximum Gasteiger partial charge on any atom is 0.264 e. The fraction of sp³-hybridized carbons (Fsp3) is 0.278. The van der Waals surface area contributed by atoms with Gasteiger partial charge in [-0.1, -0.05) is 90.8 Å². The number of carbonyl (C=O) groups excluding carboxylic acids is 2. The van der Waals surface area contributed by atoms with Crippen LogP contribution in [0.3, 0.4) is 0 Å². The number of amides is 2. The zero-order chi connectivity index (χ0) is 33.4. The molecule has 242 valence electrons. The number of rotatable bonds is 13. The Bertz CT molecular complexity index is 1770. The van der Waals surface area contributed by atoms with Gasteiger partial charge in [-0.3, -0.25) is 13.9 Å². The Hall–Kier alpha value is -3.85. The monoisotopic (exact) mass is 679 g/mol. The molecule has 0 spiro atoms. The first kappa shape index (κ1) is 35.0. The molecular formula is C36H39Cl2N3O4S. The molecule has 46 heavy (non-hydrogen) atoms. The third kappa shape index (κ3) is 8.69. The Balaban J connectivity index is 1.83. The van der Waals surface area contributed by atoms with Gasteiger partial charge in [-0.05, 0) is 85.8 Å². The van der Waals surface area contributed by atoms with Gasteiger partial charge in [-0.2, -0.15) is 0 Å². The van der Waals surface area contributed by atoms with Gasteiger partial charge < -0.3 is 10.2 Å². The molecule has 0 heterocycles. The second-order valence-corrected chi connectivity index (χ2v) is 14.1. The summed E-state index contributed by atoms with van der Waals surface area (Å²) in [5, 5.41) is 3.69. The first-order valence-corrected chi connectivity index (χ1v) is 17.3. The number of nitrogens with zero attached hydrogens (tertiary/aromatic N) is 2. The number of aryl methyl sites for hydroxylation is 2. The minimum Gasteiger partial charge on any atom is -0.352 e. The minimum atomic E-state index is -4.18. The van der Waals surface area contributed by atoms with Gasteiger partial charge in [0.1, 0.15) is 12.6 Å². The van der Waals surface area contributed by atoms with Gasteiger partial charge >= 0.3 is 0 Å². The molecule has 0 bridgehead atoms. The maximum atomic E-state index is 14.6. The number of sulfonamides is 1. The molecule has 2 amide bonds. The zero-order valence-electron chi connectivity index (χ0n) is 26.4. The van der Waals surface area contributed by atoms with Crippen LogP contribution < -0.4 is 9.62 Å². The van der Waals surface area contributed by atoms with E-state index in [0.29, 0.717) is 27.7 Å². The standard InChI is InChI=1S/C36H39Cl2N3O4S/c1-5-27(4)39-36(43)34(22-28-12-8-6-9-13-28)40(23-29-17-19-32(37)33(38)21-29)35(42)24-41(30-18-16-25(2)26(3)20-30)46(44,45)31-14-10-7-11-15-31/h6-21,27,34H,5,22-24H2,1-4H3,(H,39,43)/t27-,34-/m0/s1. The van der Waals surface area contributed by atoms with Crippen LogP contribution in [0.25, 0.3) is 0 Å². The molecule has 1 N–H and O–H groups in total. The van der Waals surface area contributed by atoms with E-state index >= 15 is 0 Å². The second kappa shape index (κ2) is 15.6. The van der Waals surface area contributed by atoms with Gasteiger partial charge in [0, 0.05) is 19.0 Å². The highest BCUT2D eigenvalue weighted by Gasteiger charge is 2.35. The molecule has 0 aliphatic rings. The van der Waals surface area contributed by atoms with Crippen LogP contribution in [0.15, 0.2) is 102 Å². The van der Waals surface area contributed by atoms with Crippen LogP contribution in [-0.2, 0) is 32.6 Å². The van der Waals surface area contributed by atoms with Crippen molar-refractivity contribution in [1.82, 2.24) is 10.2 Å². The number of benzene rings is 4. The summed E-state index contributed by atoms with van der Waals surface area (Å²) in [5.41, 5.74) is 3.69. The Morgan fingerprint density at radius 3 is 2.07 bits per heavy atom. The summed E-state index contributed by atoms with van der Waals surface area (Å²) < 4.78 is 29.4. The number of hydrogen-bond acceptors (Lipinski definition) is 4. The molecule has 0 aromatic heterocycles. The lowest BCUT2D eigenvalue weighted by atomic mass is 10.0. The first-order chi connectivity index (χ1) is 21.9. The van der Waals surface area contributed by atoms with Crippen LogP contribution in [0, 0.1) is 13.8 Å². The van der Waals surface area contributed by atoms with Crippen molar-refractivity contribution >= 4 is 50.7 Å². The Morgan fingerprint density at radius 1 is 0.804 bits per heavy atom. The molecule has 0 radical (unpaired) electrons. The predicted molar refractivity (Wildman–Crippen MR) is 186 cm³/mol. The Morgan fingerprint density at radius 2 is 1.46 bits per heavy atom. The van der Waals surface area contributed by atoms with Crippen LogP contribution in [0.4, 0.5) is 5.69 Å². The number of anilines is 1. The van der Waals surface area contributed by atoms with Gasteiger partial charge in [-0.25, -0.2) is 8.42 Å². The van der Waals surface area contributed by atoms with Crippen molar-refractivity contribution < 1.29 is 18.0 Å². The highest BCUT2D eigenvalue weighted by atomic mass is 35.5. The fourth-order valence-electron chi connectivity index (χ4n) is 4.96. The molecule has 0 saturated carbocycles. The molecule has 10 heteroatoms. The maximum absolute atomic E-state index is 14.6. The minimum absolute atomic E-state index is 0.00665. The average molecular weight is 681 g/mol. The van der Waals surface area contributed by atoms with E-state index in [4.69, 9.17) is 23.2 Å². The molecule has 0 unspecified atom stereocenters. The van der Waals surface area contributed by atoms with Crippen molar-refractivity contribution in [2.45, 2.75) is 64.1 Å². The summed E-state index contributed by atoms with van der Waals surface area (Å²) in [6.07, 6.45) is 0.908. The van der Waals surface area contributed by atoms with E-state index in [2.05, 4.69) is 5.32 Å². The van der Waals surface area contributed by atoms with Crippen molar-refractivity contribution in [3.05, 3.63) is 129 Å². The van der Waals surface area contributed by atoms with E-state index in [9.17, 15) is 18.0 Å². The van der Waals surface area contributed by atoms with E-state index in [1.54, 1.807) is 48.5 Å². The number of hydrogen-bond donors (Lipinski definition) is 1. The molecule has 0 aliphatic heterocycles. The van der Waals surface area contributed by atoms with Crippen LogP contribution in [0.5, 0.6) is 0 Å². The largest absolute Gasteiger partial charge is 0.352 e. The lowest BCUT2D eigenvalue weighted by Gasteiger charge is -2.34. The Kier molecular flexibility index (Phi) is 11.9. The lowest BCUT2D eigenvalue weighted by molar-refractivity contribution is -0.140. The van der Waals surface area contributed by atoms with Crippen molar-refractivity contribution in [3.63, 3.8) is 0 Å². The van der Waals surface area contributed by atoms with Gasteiger partial charge in [-0.15, -0.1) is 0 Å². The smallest absolute Gasteiger partial charge is 0.264 e. The molecule has 4 rings (SSSR count). The third-order valence-electron chi connectivity index (χ3n) is 8.00. The third-order valence-corrected chi connectivity index (χ3v) is 10.5. The summed E-state index contributed by atoms with van der Waals surface area (Å²) in [7, 11) is -4.18. The quantitative estimate of drug-likeness (QED) is 0.160. The van der Waals surface area contributed by atoms with Gasteiger partial charge in [0.05, 0.1) is 20.6 Å². The molecule has 0 saturated heterocycles. The van der Waals surface area contributed by atoms with Gasteiger partial charge in [0.2, 0.25) is 11.8 Å². The Labute approximate surface area is 282 Å². The first-order valence-electron chi connectivity index (χ1n) is 15.1. The molecular weight excluding hydrogens is 641 g/mol. The van der Waals surface area contributed by atoms with Gasteiger partial charge in [0.25, 0.3) is 10.0 Å². The SMILES string of the molecule is CC[C@H](C)NC(=O)[C@H](Cc1ccccc1)N(Cc1ccc(Cl)c(Cl)c1)C(=O)CN(c1ccc(C)c(C)c1)S(=O)(=O)c1ccccc1. The highest BCUT2D eigenvalue weighted by molar-refractivity contribution is 7.92. The fourth-order valence-corrected chi connectivity index (χ4v) is 6.71. The van der Waals surface area contributed by atoms with Crippen LogP contribution in [0.2, 0.25) is 10.0 Å². The lowest BCUT2D eigenvalue weighted by Crippen LogP contribution is -2.54. The summed E-state index contributed by atoms with van der Waals surface area (Å²) >= 11 is 12.5. The molecule has 2 atom stereocenters. The summed E-state index contributed by atoms with van der Waals surface area (Å²) in [5.74, 6) is -0.890. The highest BCUT2D eigenvalue weighted by Crippen LogP contribution is 2.28. The summed E-state index contributed by atoms with van der Waals surface area (Å²) in [6.45, 7) is 7.14. The number of nitrogens with one attached hydrogen (secondary N) is 1. The van der Waals surface area contributed by atoms with Crippen molar-refractivity contribution in [3.8, 4) is 0 Å². The number of halogens is 2. The van der Waals surface area contributed by atoms with E-state index in [1.807, 2.05) is 64.1 Å². The molecule has 4 aromatic rings. The van der Waals surface area contributed by atoms with Crippen molar-refractivity contribution in [2.24, 2.45) is 0 Å². The van der Waals surface area contributed by atoms with E-state index in [0.717, 1.165) is 21.0 Å². The van der Waals surface area contributed by atoms with Crippen molar-refractivity contribution in [1.29, 1.82) is 0 Å². The van der Waals surface area contributed by atoms with E-state index in [-0.39, 0.29) is 29.8 Å². The molecule has 7 nitrogen and oxygen atoms in total. The molecule has 0 fully saturated rings. The van der Waals surface area contributed by atoms with E-state index < -0.39 is 28.5 Å². The van der Waals surface area contributed by atoms with E-state index in [1.165, 1.54) is 17.0 Å². The van der Waals surface area contributed by atoms with Crippen LogP contribution >= 0.6 is 23.2 Å². The molecule has 0 aliphatic carbocycles. The zero-order valence-corrected chi connectivity index (χ0v) is 28.7. The average Bonchev–Trinajstić information content (AvgIpc) is 3.05. The second-order valence-electron chi connectivity index (χ2n) is 11.4. The van der Waals surface area contributed by atoms with Gasteiger partial charge in [0.15, 0.2) is 0 Å². The molecule has 4 aromatic carbocycles. The topological polar surface area (TPSA) is 86.8 Å². The number of carbonyl (C=O) groups is 2. The van der Waals surface area contributed by atoms with Crippen LogP contribution in [0.1, 0.15) is 42.5 Å². The predicted octanol–water partition coefficient (Wildman–Crippen LogP) is 7.36. The van der Waals surface area contributed by atoms with Crippen LogP contribution in [-0.4, -0.2) is 43.8 Å².